The number of fused-ring (bicyclic) bond motifs is 2. The Hall–Kier alpha value is -4.27. The molecule has 2 aromatic rings. The van der Waals surface area contributed by atoms with Crippen LogP contribution in [0.4, 0.5) is 4.39 Å². The standard InChI is InChI=1S/C26H29FN6O5/c1-15-11-16(5-6-17(15)27)12-29-20(34)18-19(38-4)22(36)33-14-25(13-28)7-9-26(10-8-25,24(33)30-18)31-21(35)23(37)32(2)3/h5-6,11H,7-10,12,14H2,1-4H3,(H,29,34)(H,31,35). The number of ether oxygens (including phenoxy) is 1. The molecule has 3 aliphatic rings. The lowest BCUT2D eigenvalue weighted by Gasteiger charge is -2.39. The van der Waals surface area contributed by atoms with Crippen LogP contribution in [0.15, 0.2) is 23.0 Å². The molecule has 0 spiro atoms. The average molecular weight is 525 g/mol. The molecule has 1 aromatic carbocycles. The normalized spacial score (nSPS) is 21.5. The van der Waals surface area contributed by atoms with Crippen molar-refractivity contribution in [1.29, 1.82) is 5.26 Å². The molecule has 3 heterocycles. The van der Waals surface area contributed by atoms with Crippen LogP contribution in [-0.2, 0) is 28.2 Å². The van der Waals surface area contributed by atoms with Crippen LogP contribution in [-0.4, -0.2) is 53.4 Å². The fraction of sp³-hybridized carbons (Fsp3) is 0.462. The van der Waals surface area contributed by atoms with Gasteiger partial charge in [0.05, 0.1) is 24.1 Å². The Bertz CT molecular complexity index is 1420. The zero-order valence-electron chi connectivity index (χ0n) is 21.7. The van der Waals surface area contributed by atoms with Gasteiger partial charge in [-0.05, 0) is 49.8 Å². The number of methoxy groups -OCH3 is 1. The van der Waals surface area contributed by atoms with Gasteiger partial charge in [-0.1, -0.05) is 12.1 Å². The van der Waals surface area contributed by atoms with E-state index in [0.717, 1.165) is 4.90 Å². The summed E-state index contributed by atoms with van der Waals surface area (Å²) in [5.74, 6) is -2.94. The van der Waals surface area contributed by atoms with Crippen LogP contribution in [0.25, 0.3) is 0 Å². The molecule has 12 heteroatoms. The van der Waals surface area contributed by atoms with Gasteiger partial charge in [-0.2, -0.15) is 5.26 Å². The number of carbonyl (C=O) groups excluding carboxylic acids is 3. The Balaban J connectivity index is 1.78. The summed E-state index contributed by atoms with van der Waals surface area (Å²) < 4.78 is 20.2. The molecule has 0 atom stereocenters. The topological polar surface area (TPSA) is 146 Å². The van der Waals surface area contributed by atoms with Crippen LogP contribution in [0.5, 0.6) is 5.75 Å². The number of amides is 3. The minimum atomic E-state index is -1.24. The van der Waals surface area contributed by atoms with Gasteiger partial charge in [-0.25, -0.2) is 9.37 Å². The molecule has 3 amide bonds. The van der Waals surface area contributed by atoms with E-state index < -0.39 is 34.2 Å². The second-order valence-electron chi connectivity index (χ2n) is 10.1. The Morgan fingerprint density at radius 3 is 2.50 bits per heavy atom. The maximum absolute atomic E-state index is 13.6. The van der Waals surface area contributed by atoms with E-state index in [-0.39, 0.29) is 49.0 Å². The predicted molar refractivity (Wildman–Crippen MR) is 132 cm³/mol. The van der Waals surface area contributed by atoms with E-state index in [4.69, 9.17) is 4.74 Å². The molecule has 1 saturated carbocycles. The smallest absolute Gasteiger partial charge is 0.311 e. The first kappa shape index (κ1) is 26.8. The fourth-order valence-electron chi connectivity index (χ4n) is 5.11. The van der Waals surface area contributed by atoms with Crippen molar-refractivity contribution in [2.75, 3.05) is 21.2 Å². The molecule has 2 N–H and O–H groups in total. The van der Waals surface area contributed by atoms with Crippen LogP contribution in [0.2, 0.25) is 0 Å². The SMILES string of the molecule is COc1c(C(=O)NCc2ccc(F)c(C)c2)nc2n(c1=O)CC1(C#N)CCC2(NC(=O)C(=O)N(C)C)CC1. The number of aryl methyl sites for hydroxylation is 1. The second kappa shape index (κ2) is 9.89. The zero-order valence-corrected chi connectivity index (χ0v) is 21.7. The Morgan fingerprint density at radius 1 is 1.24 bits per heavy atom. The van der Waals surface area contributed by atoms with Crippen molar-refractivity contribution >= 4 is 17.7 Å². The molecule has 11 nitrogen and oxygen atoms in total. The van der Waals surface area contributed by atoms with Crippen LogP contribution in [0.3, 0.4) is 0 Å². The van der Waals surface area contributed by atoms with Crippen LogP contribution in [0, 0.1) is 29.5 Å². The van der Waals surface area contributed by atoms with E-state index in [1.54, 1.807) is 13.0 Å². The Kier molecular flexibility index (Phi) is 6.97. The van der Waals surface area contributed by atoms with Gasteiger partial charge < -0.3 is 20.3 Å². The lowest BCUT2D eigenvalue weighted by molar-refractivity contribution is -0.145. The number of nitriles is 1. The lowest BCUT2D eigenvalue weighted by Crippen LogP contribution is -2.54. The molecule has 1 fully saturated rings. The monoisotopic (exact) mass is 524 g/mol. The second-order valence-corrected chi connectivity index (χ2v) is 10.1. The maximum atomic E-state index is 13.6. The average Bonchev–Trinajstić information content (AvgIpc) is 3.12. The third-order valence-corrected chi connectivity index (χ3v) is 7.36. The van der Waals surface area contributed by atoms with E-state index in [1.807, 2.05) is 0 Å². The highest BCUT2D eigenvalue weighted by atomic mass is 19.1. The molecule has 1 aliphatic carbocycles. The van der Waals surface area contributed by atoms with E-state index in [0.29, 0.717) is 24.0 Å². The van der Waals surface area contributed by atoms with E-state index >= 15 is 0 Å². The van der Waals surface area contributed by atoms with Gasteiger partial charge in [0.25, 0.3) is 11.5 Å². The number of likely N-dealkylation sites (N-methyl/N-ethyl adjacent to an activating group) is 1. The third-order valence-electron chi connectivity index (χ3n) is 7.36. The summed E-state index contributed by atoms with van der Waals surface area (Å²) in [6.45, 7) is 1.66. The molecule has 2 aliphatic heterocycles. The summed E-state index contributed by atoms with van der Waals surface area (Å²) >= 11 is 0. The molecule has 5 rings (SSSR count). The molecule has 0 unspecified atom stereocenters. The van der Waals surface area contributed by atoms with Crippen LogP contribution >= 0.6 is 0 Å². The fourth-order valence-corrected chi connectivity index (χ4v) is 5.11. The van der Waals surface area contributed by atoms with Gasteiger partial charge in [0.15, 0.2) is 5.69 Å². The highest BCUT2D eigenvalue weighted by molar-refractivity contribution is 6.35. The van der Waals surface area contributed by atoms with E-state index in [9.17, 15) is 28.8 Å². The first-order valence-electron chi connectivity index (χ1n) is 12.1. The number of halogens is 1. The van der Waals surface area contributed by atoms with Crippen molar-refractivity contribution in [1.82, 2.24) is 25.1 Å². The molecule has 0 saturated heterocycles. The molecule has 1 aromatic heterocycles. The van der Waals surface area contributed by atoms with E-state index in [2.05, 4.69) is 21.7 Å². The number of hydrogen-bond donors (Lipinski definition) is 2. The van der Waals surface area contributed by atoms with Gasteiger partial charge in [0.1, 0.15) is 11.6 Å². The summed E-state index contributed by atoms with van der Waals surface area (Å²) in [7, 11) is 4.13. The number of hydrogen-bond acceptors (Lipinski definition) is 7. The Morgan fingerprint density at radius 2 is 1.92 bits per heavy atom. The minimum absolute atomic E-state index is 0.0109. The molecular formula is C26H29FN6O5. The highest BCUT2D eigenvalue weighted by Gasteiger charge is 2.52. The summed E-state index contributed by atoms with van der Waals surface area (Å²) in [6.07, 6.45) is 1.22. The van der Waals surface area contributed by atoms with Gasteiger partial charge in [-0.3, -0.25) is 23.7 Å². The lowest BCUT2D eigenvalue weighted by atomic mass is 9.69. The van der Waals surface area contributed by atoms with Crippen molar-refractivity contribution in [3.8, 4) is 11.8 Å². The van der Waals surface area contributed by atoms with Crippen molar-refractivity contribution < 1.29 is 23.5 Å². The molecule has 0 radical (unpaired) electrons. The zero-order chi connectivity index (χ0) is 27.8. The van der Waals surface area contributed by atoms with Crippen LogP contribution in [0.1, 0.15) is 53.1 Å². The number of benzene rings is 1. The van der Waals surface area contributed by atoms with Crippen molar-refractivity contribution in [3.05, 3.63) is 57.0 Å². The van der Waals surface area contributed by atoms with Crippen molar-refractivity contribution in [2.24, 2.45) is 5.41 Å². The first-order valence-corrected chi connectivity index (χ1v) is 12.1. The van der Waals surface area contributed by atoms with Gasteiger partial charge >= 0.3 is 11.8 Å². The third kappa shape index (κ3) is 4.60. The summed E-state index contributed by atoms with van der Waals surface area (Å²) in [4.78, 5) is 57.7. The largest absolute Gasteiger partial charge is 0.489 e. The number of nitrogens with one attached hydrogen (secondary N) is 2. The summed E-state index contributed by atoms with van der Waals surface area (Å²) in [5, 5.41) is 15.4. The number of aromatic nitrogens is 2. The highest BCUT2D eigenvalue weighted by Crippen LogP contribution is 2.49. The van der Waals surface area contributed by atoms with Crippen LogP contribution < -0.4 is 20.9 Å². The minimum Gasteiger partial charge on any atom is -0.489 e. The molecule has 200 valence electrons. The first-order chi connectivity index (χ1) is 18.0. The predicted octanol–water partition coefficient (Wildman–Crippen LogP) is 1.13. The summed E-state index contributed by atoms with van der Waals surface area (Å²) in [6, 6.07) is 6.75. The molecular weight excluding hydrogens is 495 g/mol. The molecule has 38 heavy (non-hydrogen) atoms. The van der Waals surface area contributed by atoms with Gasteiger partial charge in [0.2, 0.25) is 5.75 Å². The summed E-state index contributed by atoms with van der Waals surface area (Å²) in [5.41, 5.74) is -2.00. The maximum Gasteiger partial charge on any atom is 0.311 e. The van der Waals surface area contributed by atoms with Gasteiger partial charge in [-0.15, -0.1) is 0 Å². The van der Waals surface area contributed by atoms with Gasteiger partial charge in [0, 0.05) is 27.2 Å². The number of rotatable bonds is 5. The number of carbonyl (C=O) groups is 3. The quantitative estimate of drug-likeness (QED) is 0.558. The van der Waals surface area contributed by atoms with Crippen molar-refractivity contribution in [3.63, 3.8) is 0 Å². The van der Waals surface area contributed by atoms with Crippen molar-refractivity contribution in [2.45, 2.75) is 51.2 Å². The van der Waals surface area contributed by atoms with E-state index in [1.165, 1.54) is 37.9 Å². The Labute approximate surface area is 218 Å². The molecule has 2 bridgehead atoms. The number of nitrogens with zero attached hydrogens (tertiary/aromatic N) is 4.